The van der Waals surface area contributed by atoms with E-state index in [0.29, 0.717) is 27.8 Å². The minimum atomic E-state index is -0.171. The topological polar surface area (TPSA) is 68.1 Å². The summed E-state index contributed by atoms with van der Waals surface area (Å²) in [7, 11) is 0. The van der Waals surface area contributed by atoms with E-state index in [2.05, 4.69) is 16.9 Å². The molecule has 7 heteroatoms. The smallest absolute Gasteiger partial charge is 0.267 e. The molecule has 0 N–H and O–H groups in total. The molecular weight excluding hydrogens is 384 g/mol. The molecule has 3 heterocycles. The van der Waals surface area contributed by atoms with Gasteiger partial charge in [-0.05, 0) is 55.5 Å². The van der Waals surface area contributed by atoms with Crippen LogP contribution < -0.4 is 5.56 Å². The number of benzene rings is 1. The maximum atomic E-state index is 13.2. The molecule has 0 spiro atoms. The molecule has 0 radical (unpaired) electrons. The number of amides is 1. The van der Waals surface area contributed by atoms with Gasteiger partial charge in [-0.2, -0.15) is 0 Å². The molecule has 4 rings (SSSR count). The summed E-state index contributed by atoms with van der Waals surface area (Å²) in [6.45, 7) is 5.79. The number of aryl methyl sites for hydroxylation is 1. The molecule has 0 unspecified atom stereocenters. The Hall–Kier alpha value is -2.67. The van der Waals surface area contributed by atoms with Crippen LogP contribution in [0.15, 0.2) is 52.5 Å². The van der Waals surface area contributed by atoms with Crippen molar-refractivity contribution in [3.63, 3.8) is 0 Å². The predicted octanol–water partition coefficient (Wildman–Crippen LogP) is 3.44. The van der Waals surface area contributed by atoms with Crippen molar-refractivity contribution < 1.29 is 4.79 Å². The Bertz CT molecular complexity index is 1100. The lowest BCUT2D eigenvalue weighted by Gasteiger charge is -2.30. The van der Waals surface area contributed by atoms with Gasteiger partial charge in [-0.3, -0.25) is 9.59 Å². The number of likely N-dealkylation sites (tertiary alicyclic amines) is 1. The second kappa shape index (κ2) is 8.37. The number of pyridine rings is 1. The SMILES string of the molecule is Cc1ccnc(-n2c(SCC(=O)N3CCC(C)CC3)nc3ccccc3c2=O)c1. The zero-order valence-electron chi connectivity index (χ0n) is 16.7. The number of carbonyl (C=O) groups excluding carboxylic acids is 1. The molecule has 1 aliphatic heterocycles. The zero-order valence-corrected chi connectivity index (χ0v) is 17.5. The summed E-state index contributed by atoms with van der Waals surface area (Å²) in [6, 6.07) is 11.0. The normalized spacial score (nSPS) is 15.0. The summed E-state index contributed by atoms with van der Waals surface area (Å²) in [4.78, 5) is 36.9. The van der Waals surface area contributed by atoms with Crippen molar-refractivity contribution in [3.8, 4) is 5.82 Å². The van der Waals surface area contributed by atoms with Gasteiger partial charge in [-0.25, -0.2) is 14.5 Å². The van der Waals surface area contributed by atoms with Gasteiger partial charge >= 0.3 is 0 Å². The van der Waals surface area contributed by atoms with Crippen molar-refractivity contribution in [2.24, 2.45) is 5.92 Å². The van der Waals surface area contributed by atoms with Crippen molar-refractivity contribution in [1.82, 2.24) is 19.4 Å². The Kier molecular flexibility index (Phi) is 5.67. The highest BCUT2D eigenvalue weighted by Crippen LogP contribution is 2.23. The first-order valence-electron chi connectivity index (χ1n) is 9.88. The molecule has 0 saturated carbocycles. The number of aromatic nitrogens is 3. The summed E-state index contributed by atoms with van der Waals surface area (Å²) in [5, 5.41) is 1.03. The van der Waals surface area contributed by atoms with E-state index >= 15 is 0 Å². The molecule has 150 valence electrons. The first-order chi connectivity index (χ1) is 14.0. The minimum absolute atomic E-state index is 0.0908. The van der Waals surface area contributed by atoms with Gasteiger partial charge in [0, 0.05) is 19.3 Å². The maximum Gasteiger partial charge on any atom is 0.267 e. The molecule has 0 bridgehead atoms. The number of rotatable bonds is 4. The van der Waals surface area contributed by atoms with E-state index in [-0.39, 0.29) is 17.2 Å². The average molecular weight is 409 g/mol. The van der Waals surface area contributed by atoms with Crippen molar-refractivity contribution in [1.29, 1.82) is 0 Å². The van der Waals surface area contributed by atoms with E-state index in [9.17, 15) is 9.59 Å². The van der Waals surface area contributed by atoms with Gasteiger partial charge in [0.2, 0.25) is 5.91 Å². The lowest BCUT2D eigenvalue weighted by molar-refractivity contribution is -0.129. The average Bonchev–Trinajstić information content (AvgIpc) is 2.72. The van der Waals surface area contributed by atoms with Gasteiger partial charge in [-0.1, -0.05) is 30.8 Å². The van der Waals surface area contributed by atoms with E-state index < -0.39 is 0 Å². The minimum Gasteiger partial charge on any atom is -0.342 e. The van der Waals surface area contributed by atoms with Crippen LogP contribution in [0, 0.1) is 12.8 Å². The van der Waals surface area contributed by atoms with E-state index in [0.717, 1.165) is 31.5 Å². The van der Waals surface area contributed by atoms with Crippen molar-refractivity contribution >= 4 is 28.6 Å². The highest BCUT2D eigenvalue weighted by Gasteiger charge is 2.22. The second-order valence-corrected chi connectivity index (χ2v) is 8.54. The van der Waals surface area contributed by atoms with E-state index in [1.54, 1.807) is 12.3 Å². The molecule has 1 aliphatic rings. The molecule has 1 amide bonds. The van der Waals surface area contributed by atoms with Crippen LogP contribution in [-0.2, 0) is 4.79 Å². The fraction of sp³-hybridized carbons (Fsp3) is 0.364. The Morgan fingerprint density at radius 1 is 1.21 bits per heavy atom. The Morgan fingerprint density at radius 3 is 2.72 bits per heavy atom. The number of thioether (sulfide) groups is 1. The summed E-state index contributed by atoms with van der Waals surface area (Å²) in [5.74, 6) is 1.54. The van der Waals surface area contributed by atoms with Gasteiger partial charge < -0.3 is 4.90 Å². The monoisotopic (exact) mass is 408 g/mol. The predicted molar refractivity (Wildman–Crippen MR) is 116 cm³/mol. The molecule has 2 aromatic heterocycles. The number of fused-ring (bicyclic) bond motifs is 1. The van der Waals surface area contributed by atoms with Crippen LogP contribution in [0.25, 0.3) is 16.7 Å². The third-order valence-corrected chi connectivity index (χ3v) is 6.26. The molecule has 0 aliphatic carbocycles. The summed E-state index contributed by atoms with van der Waals surface area (Å²) in [6.07, 6.45) is 3.77. The van der Waals surface area contributed by atoms with Gasteiger partial charge in [0.25, 0.3) is 5.56 Å². The van der Waals surface area contributed by atoms with Crippen LogP contribution >= 0.6 is 11.8 Å². The first kappa shape index (κ1) is 19.6. The highest BCUT2D eigenvalue weighted by molar-refractivity contribution is 7.99. The van der Waals surface area contributed by atoms with E-state index in [1.807, 2.05) is 42.2 Å². The maximum absolute atomic E-state index is 13.2. The lowest BCUT2D eigenvalue weighted by Crippen LogP contribution is -2.39. The second-order valence-electron chi connectivity index (χ2n) is 7.60. The van der Waals surface area contributed by atoms with Gasteiger partial charge in [0.05, 0.1) is 16.7 Å². The van der Waals surface area contributed by atoms with Gasteiger partial charge in [-0.15, -0.1) is 0 Å². The first-order valence-corrected chi connectivity index (χ1v) is 10.9. The molecule has 0 atom stereocenters. The summed E-state index contributed by atoms with van der Waals surface area (Å²) >= 11 is 1.30. The molecule has 1 saturated heterocycles. The fourth-order valence-electron chi connectivity index (χ4n) is 3.53. The third-order valence-electron chi connectivity index (χ3n) is 5.34. The molecule has 1 aromatic carbocycles. The number of piperidine rings is 1. The molecule has 1 fully saturated rings. The lowest BCUT2D eigenvalue weighted by atomic mass is 9.99. The Balaban J connectivity index is 1.68. The molecule has 29 heavy (non-hydrogen) atoms. The van der Waals surface area contributed by atoms with Crippen LogP contribution in [0.1, 0.15) is 25.3 Å². The van der Waals surface area contributed by atoms with Crippen LogP contribution in [-0.4, -0.2) is 44.2 Å². The third kappa shape index (κ3) is 4.19. The van der Waals surface area contributed by atoms with Crippen molar-refractivity contribution in [2.75, 3.05) is 18.8 Å². The molecule has 6 nitrogen and oxygen atoms in total. The number of hydrogen-bond acceptors (Lipinski definition) is 5. The largest absolute Gasteiger partial charge is 0.342 e. The van der Waals surface area contributed by atoms with E-state index in [1.165, 1.54) is 16.3 Å². The van der Waals surface area contributed by atoms with Gasteiger partial charge in [0.15, 0.2) is 5.16 Å². The molecule has 3 aromatic rings. The van der Waals surface area contributed by atoms with E-state index in [4.69, 9.17) is 0 Å². The number of hydrogen-bond donors (Lipinski definition) is 0. The van der Waals surface area contributed by atoms with Crippen LogP contribution in [0.3, 0.4) is 0 Å². The quantitative estimate of drug-likeness (QED) is 0.489. The van der Waals surface area contributed by atoms with Crippen LogP contribution in [0.2, 0.25) is 0 Å². The number of para-hydroxylation sites is 1. The van der Waals surface area contributed by atoms with Crippen LogP contribution in [0.5, 0.6) is 0 Å². The van der Waals surface area contributed by atoms with Gasteiger partial charge in [0.1, 0.15) is 5.82 Å². The fourth-order valence-corrected chi connectivity index (χ4v) is 4.43. The molecular formula is C22H24N4O2S. The number of carbonyl (C=O) groups is 1. The Labute approximate surface area is 174 Å². The highest BCUT2D eigenvalue weighted by atomic mass is 32.2. The standard InChI is InChI=1S/C22H24N4O2S/c1-15-8-11-25(12-9-15)20(27)14-29-22-24-18-6-4-3-5-17(18)21(28)26(22)19-13-16(2)7-10-23-19/h3-7,10,13,15H,8-9,11-12,14H2,1-2H3. The van der Waals surface area contributed by atoms with Crippen molar-refractivity contribution in [2.45, 2.75) is 31.8 Å². The summed E-state index contributed by atoms with van der Waals surface area (Å²) < 4.78 is 1.52. The zero-order chi connectivity index (χ0) is 20.4. The number of nitrogens with zero attached hydrogens (tertiary/aromatic N) is 4. The van der Waals surface area contributed by atoms with Crippen LogP contribution in [0.4, 0.5) is 0 Å². The Morgan fingerprint density at radius 2 is 1.97 bits per heavy atom. The van der Waals surface area contributed by atoms with Crippen molar-refractivity contribution in [3.05, 3.63) is 58.5 Å². The summed E-state index contributed by atoms with van der Waals surface area (Å²) in [5.41, 5.74) is 1.46.